The lowest BCUT2D eigenvalue weighted by atomic mass is 9.85. The fourth-order valence-corrected chi connectivity index (χ4v) is 4.53. The number of halogens is 1. The minimum Gasteiger partial charge on any atom is -0.354 e. The molecule has 3 nitrogen and oxygen atoms in total. The SMILES string of the molecule is O=C(NCCSCc1ccccc1F)C1CC2CCCCC2N1. The maximum absolute atomic E-state index is 13.5. The lowest BCUT2D eigenvalue weighted by Crippen LogP contribution is -2.43. The first-order valence-electron chi connectivity index (χ1n) is 8.59. The van der Waals surface area contributed by atoms with Crippen molar-refractivity contribution in [2.24, 2.45) is 5.92 Å². The van der Waals surface area contributed by atoms with Crippen LogP contribution in [-0.4, -0.2) is 30.3 Å². The predicted octanol–water partition coefficient (Wildman–Crippen LogP) is 3.10. The average molecular weight is 336 g/mol. The van der Waals surface area contributed by atoms with E-state index in [1.807, 2.05) is 12.1 Å². The van der Waals surface area contributed by atoms with E-state index >= 15 is 0 Å². The van der Waals surface area contributed by atoms with Crippen molar-refractivity contribution in [3.05, 3.63) is 35.6 Å². The van der Waals surface area contributed by atoms with E-state index in [0.29, 0.717) is 24.3 Å². The zero-order chi connectivity index (χ0) is 16.1. The molecule has 0 aromatic heterocycles. The molecule has 1 saturated carbocycles. The Morgan fingerprint density at radius 3 is 2.96 bits per heavy atom. The molecule has 0 radical (unpaired) electrons. The minimum atomic E-state index is -0.151. The number of carbonyl (C=O) groups is 1. The molecule has 1 heterocycles. The Hall–Kier alpha value is -1.07. The summed E-state index contributed by atoms with van der Waals surface area (Å²) in [4.78, 5) is 12.2. The van der Waals surface area contributed by atoms with Crippen LogP contribution in [0.1, 0.15) is 37.7 Å². The van der Waals surface area contributed by atoms with E-state index in [9.17, 15) is 9.18 Å². The molecule has 1 aromatic rings. The summed E-state index contributed by atoms with van der Waals surface area (Å²) < 4.78 is 13.5. The van der Waals surface area contributed by atoms with Crippen molar-refractivity contribution in [1.29, 1.82) is 0 Å². The van der Waals surface area contributed by atoms with Crippen LogP contribution in [0, 0.1) is 11.7 Å². The van der Waals surface area contributed by atoms with E-state index in [-0.39, 0.29) is 17.8 Å². The fourth-order valence-electron chi connectivity index (χ4n) is 3.69. The maximum Gasteiger partial charge on any atom is 0.237 e. The number of rotatable bonds is 6. The molecule has 2 fully saturated rings. The Morgan fingerprint density at radius 2 is 2.13 bits per heavy atom. The highest BCUT2D eigenvalue weighted by Crippen LogP contribution is 2.33. The molecule has 2 N–H and O–H groups in total. The van der Waals surface area contributed by atoms with E-state index in [1.54, 1.807) is 17.8 Å². The van der Waals surface area contributed by atoms with E-state index in [0.717, 1.165) is 17.7 Å². The number of nitrogens with one attached hydrogen (secondary N) is 2. The monoisotopic (exact) mass is 336 g/mol. The molecular weight excluding hydrogens is 311 g/mol. The van der Waals surface area contributed by atoms with Crippen LogP contribution in [-0.2, 0) is 10.5 Å². The third-order valence-corrected chi connectivity index (χ3v) is 5.95. The van der Waals surface area contributed by atoms with Gasteiger partial charge in [-0.15, -0.1) is 0 Å². The molecule has 0 bridgehead atoms. The molecule has 0 spiro atoms. The van der Waals surface area contributed by atoms with Gasteiger partial charge in [-0.1, -0.05) is 31.0 Å². The van der Waals surface area contributed by atoms with E-state index in [4.69, 9.17) is 0 Å². The molecule has 3 rings (SSSR count). The maximum atomic E-state index is 13.5. The first-order valence-corrected chi connectivity index (χ1v) is 9.74. The second kappa shape index (κ2) is 8.15. The third-order valence-electron chi connectivity index (χ3n) is 4.94. The van der Waals surface area contributed by atoms with Crippen molar-refractivity contribution in [1.82, 2.24) is 10.6 Å². The summed E-state index contributed by atoms with van der Waals surface area (Å²) in [5.41, 5.74) is 0.727. The highest BCUT2D eigenvalue weighted by Gasteiger charge is 2.37. The summed E-state index contributed by atoms with van der Waals surface area (Å²) in [6.45, 7) is 0.644. The molecule has 126 valence electrons. The number of carbonyl (C=O) groups excluding carboxylic acids is 1. The summed E-state index contributed by atoms with van der Waals surface area (Å²) >= 11 is 1.65. The van der Waals surface area contributed by atoms with Gasteiger partial charge in [0.1, 0.15) is 5.82 Å². The number of fused-ring (bicyclic) bond motifs is 1. The summed E-state index contributed by atoms with van der Waals surface area (Å²) in [6.07, 6.45) is 6.06. The van der Waals surface area contributed by atoms with Crippen LogP contribution in [0.2, 0.25) is 0 Å². The van der Waals surface area contributed by atoms with Crippen LogP contribution < -0.4 is 10.6 Å². The van der Waals surface area contributed by atoms with Crippen molar-refractivity contribution >= 4 is 17.7 Å². The van der Waals surface area contributed by atoms with Crippen LogP contribution in [0.5, 0.6) is 0 Å². The molecule has 2 aliphatic rings. The number of thioether (sulfide) groups is 1. The van der Waals surface area contributed by atoms with E-state index in [1.165, 1.54) is 31.7 Å². The van der Waals surface area contributed by atoms with E-state index in [2.05, 4.69) is 10.6 Å². The van der Waals surface area contributed by atoms with Gasteiger partial charge in [-0.2, -0.15) is 11.8 Å². The molecule has 5 heteroatoms. The fraction of sp³-hybridized carbons (Fsp3) is 0.611. The molecule has 3 atom stereocenters. The topological polar surface area (TPSA) is 41.1 Å². The highest BCUT2D eigenvalue weighted by molar-refractivity contribution is 7.98. The molecule has 1 amide bonds. The molecule has 1 aliphatic heterocycles. The van der Waals surface area contributed by atoms with Crippen molar-refractivity contribution in [3.8, 4) is 0 Å². The minimum absolute atomic E-state index is 0.0142. The predicted molar refractivity (Wildman–Crippen MR) is 92.9 cm³/mol. The Bertz CT molecular complexity index is 526. The summed E-state index contributed by atoms with van der Waals surface area (Å²) in [5.74, 6) is 2.12. The van der Waals surface area contributed by atoms with Crippen LogP contribution in [0.3, 0.4) is 0 Å². The van der Waals surface area contributed by atoms with Crippen LogP contribution in [0.4, 0.5) is 4.39 Å². The van der Waals surface area contributed by atoms with Gasteiger partial charge in [-0.3, -0.25) is 4.79 Å². The number of hydrogen-bond acceptors (Lipinski definition) is 3. The molecule has 1 saturated heterocycles. The van der Waals surface area contributed by atoms with Crippen molar-refractivity contribution in [2.75, 3.05) is 12.3 Å². The first-order chi connectivity index (χ1) is 11.2. The smallest absolute Gasteiger partial charge is 0.237 e. The summed E-state index contributed by atoms with van der Waals surface area (Å²) in [7, 11) is 0. The van der Waals surface area contributed by atoms with Gasteiger partial charge >= 0.3 is 0 Å². The van der Waals surface area contributed by atoms with Crippen molar-refractivity contribution in [3.63, 3.8) is 0 Å². The summed E-state index contributed by atoms with van der Waals surface area (Å²) in [6, 6.07) is 7.39. The molecule has 1 aromatic carbocycles. The third kappa shape index (κ3) is 4.48. The quantitative estimate of drug-likeness (QED) is 0.785. The molecule has 1 aliphatic carbocycles. The lowest BCUT2D eigenvalue weighted by Gasteiger charge is -2.24. The number of benzene rings is 1. The van der Waals surface area contributed by atoms with Gasteiger partial charge in [0, 0.05) is 24.1 Å². The standard InChI is InChI=1S/C18H25FN2OS/c19-15-7-3-1-6-14(15)12-23-10-9-20-18(22)17-11-13-5-2-4-8-16(13)21-17/h1,3,6-7,13,16-17,21H,2,4-5,8-12H2,(H,20,22). The second-order valence-corrected chi connectivity index (χ2v) is 7.65. The van der Waals surface area contributed by atoms with E-state index < -0.39 is 0 Å². The number of amides is 1. The zero-order valence-electron chi connectivity index (χ0n) is 13.4. The van der Waals surface area contributed by atoms with Crippen molar-refractivity contribution < 1.29 is 9.18 Å². The van der Waals surface area contributed by atoms with Crippen molar-refractivity contribution in [2.45, 2.75) is 49.9 Å². The Morgan fingerprint density at radius 1 is 1.30 bits per heavy atom. The second-order valence-electron chi connectivity index (χ2n) is 6.54. The largest absolute Gasteiger partial charge is 0.354 e. The zero-order valence-corrected chi connectivity index (χ0v) is 14.2. The highest BCUT2D eigenvalue weighted by atomic mass is 32.2. The molecule has 3 unspecified atom stereocenters. The van der Waals surface area contributed by atoms with Gasteiger partial charge < -0.3 is 10.6 Å². The van der Waals surface area contributed by atoms with Gasteiger partial charge in [-0.25, -0.2) is 4.39 Å². The van der Waals surface area contributed by atoms with Gasteiger partial charge in [0.2, 0.25) is 5.91 Å². The Kier molecular flexibility index (Phi) is 5.95. The molecule has 23 heavy (non-hydrogen) atoms. The Labute approximate surface area is 141 Å². The lowest BCUT2D eigenvalue weighted by molar-refractivity contribution is -0.122. The normalized spacial score (nSPS) is 26.7. The van der Waals surface area contributed by atoms with Gasteiger partial charge in [0.25, 0.3) is 0 Å². The van der Waals surface area contributed by atoms with Crippen LogP contribution in [0.25, 0.3) is 0 Å². The van der Waals surface area contributed by atoms with Gasteiger partial charge in [-0.05, 0) is 36.8 Å². The summed E-state index contributed by atoms with van der Waals surface area (Å²) in [5, 5.41) is 6.52. The van der Waals surface area contributed by atoms with Gasteiger partial charge in [0.05, 0.1) is 6.04 Å². The van der Waals surface area contributed by atoms with Gasteiger partial charge in [0.15, 0.2) is 0 Å². The molecular formula is C18H25FN2OS. The van der Waals surface area contributed by atoms with Crippen LogP contribution in [0.15, 0.2) is 24.3 Å². The first kappa shape index (κ1) is 16.8. The average Bonchev–Trinajstić information content (AvgIpc) is 3.00. The van der Waals surface area contributed by atoms with Crippen LogP contribution >= 0.6 is 11.8 Å². The number of hydrogen-bond donors (Lipinski definition) is 2. The Balaban J connectivity index is 1.33.